The molecule has 2 N–H and O–H groups in total. The molecule has 1 rings (SSSR count). The van der Waals surface area contributed by atoms with E-state index in [0.29, 0.717) is 5.82 Å². The first kappa shape index (κ1) is 7.90. The van der Waals surface area contributed by atoms with E-state index in [0.717, 1.165) is 5.98 Å². The Kier molecular flexibility index (Phi) is 2.34. The Hall–Kier alpha value is -1.21. The molecule has 0 spiro atoms. The summed E-state index contributed by atoms with van der Waals surface area (Å²) < 4.78 is 0. The lowest BCUT2D eigenvalue weighted by molar-refractivity contribution is 0.424. The van der Waals surface area contributed by atoms with Gasteiger partial charge in [0.1, 0.15) is 0 Å². The summed E-state index contributed by atoms with van der Waals surface area (Å²) in [6.07, 6.45) is 1.37. The van der Waals surface area contributed by atoms with Crippen LogP contribution in [0.2, 0.25) is 0 Å². The standard InChI is InChI=1S/C4H7BN4O2/c1-9-7-4(6-8-9)2-3-5(10)11/h2-3,10-11H,1H3/b3-2+. The molecular formula is C4H7BN4O2. The maximum Gasteiger partial charge on any atom is 0.480 e. The number of hydrogen-bond donors (Lipinski definition) is 2. The Bertz CT molecular complexity index is 258. The van der Waals surface area contributed by atoms with E-state index >= 15 is 0 Å². The van der Waals surface area contributed by atoms with Crippen molar-refractivity contribution in [2.45, 2.75) is 0 Å². The van der Waals surface area contributed by atoms with Crippen molar-refractivity contribution in [3.05, 3.63) is 11.8 Å². The second-order valence-electron chi connectivity index (χ2n) is 1.91. The molecule has 0 aliphatic carbocycles. The Morgan fingerprint density at radius 2 is 2.27 bits per heavy atom. The summed E-state index contributed by atoms with van der Waals surface area (Å²) in [5.74, 6) is 1.50. The topological polar surface area (TPSA) is 84.1 Å². The van der Waals surface area contributed by atoms with Crippen LogP contribution in [0.25, 0.3) is 6.08 Å². The molecular weight excluding hydrogens is 147 g/mol. The number of tetrazole rings is 1. The number of aromatic nitrogens is 4. The van der Waals surface area contributed by atoms with Crippen LogP contribution in [0.3, 0.4) is 0 Å². The molecule has 0 aliphatic rings. The van der Waals surface area contributed by atoms with Gasteiger partial charge in [0.15, 0.2) is 5.82 Å². The van der Waals surface area contributed by atoms with Crippen LogP contribution in [0, 0.1) is 0 Å². The maximum atomic E-state index is 8.41. The third-order valence-electron chi connectivity index (χ3n) is 0.941. The molecule has 1 heterocycles. The molecule has 0 saturated heterocycles. The minimum absolute atomic E-state index is 0.348. The quantitative estimate of drug-likeness (QED) is 0.492. The van der Waals surface area contributed by atoms with Crippen molar-refractivity contribution in [3.8, 4) is 0 Å². The Morgan fingerprint density at radius 1 is 1.55 bits per heavy atom. The summed E-state index contributed by atoms with van der Waals surface area (Å²) in [7, 11) is 0.151. The summed E-state index contributed by atoms with van der Waals surface area (Å²) in [6, 6.07) is 0. The molecule has 0 bridgehead atoms. The lowest BCUT2D eigenvalue weighted by Gasteiger charge is -1.82. The molecule has 7 heteroatoms. The SMILES string of the molecule is Cn1nnc(/C=C/B(O)O)n1. The van der Waals surface area contributed by atoms with Crippen molar-refractivity contribution in [2.24, 2.45) is 7.05 Å². The Labute approximate surface area is 63.3 Å². The number of aryl methyl sites for hydroxylation is 1. The second kappa shape index (κ2) is 3.26. The molecule has 0 aliphatic heterocycles. The lowest BCUT2D eigenvalue weighted by atomic mass is 9.92. The van der Waals surface area contributed by atoms with E-state index in [-0.39, 0.29) is 0 Å². The fourth-order valence-electron chi connectivity index (χ4n) is 0.538. The Morgan fingerprint density at radius 3 is 2.73 bits per heavy atom. The third-order valence-corrected chi connectivity index (χ3v) is 0.941. The van der Waals surface area contributed by atoms with Gasteiger partial charge in [-0.3, -0.25) is 0 Å². The van der Waals surface area contributed by atoms with Gasteiger partial charge in [-0.1, -0.05) is 5.98 Å². The third kappa shape index (κ3) is 2.48. The van der Waals surface area contributed by atoms with Crippen LogP contribution in [-0.4, -0.2) is 37.4 Å². The molecule has 1 aromatic heterocycles. The van der Waals surface area contributed by atoms with Crippen molar-refractivity contribution >= 4 is 13.2 Å². The van der Waals surface area contributed by atoms with Gasteiger partial charge in [-0.2, -0.15) is 4.80 Å². The maximum absolute atomic E-state index is 8.41. The zero-order valence-electron chi connectivity index (χ0n) is 5.92. The molecule has 0 saturated carbocycles. The van der Waals surface area contributed by atoms with E-state index in [9.17, 15) is 0 Å². The summed E-state index contributed by atoms with van der Waals surface area (Å²) in [6.45, 7) is 0. The van der Waals surface area contributed by atoms with Gasteiger partial charge in [-0.25, -0.2) is 0 Å². The van der Waals surface area contributed by atoms with Gasteiger partial charge in [0.25, 0.3) is 0 Å². The molecule has 1 aromatic rings. The van der Waals surface area contributed by atoms with Gasteiger partial charge in [-0.15, -0.1) is 10.2 Å². The molecule has 58 valence electrons. The fraction of sp³-hybridized carbons (Fsp3) is 0.250. The zero-order chi connectivity index (χ0) is 8.27. The molecule has 0 atom stereocenters. The lowest BCUT2D eigenvalue weighted by Crippen LogP contribution is -2.05. The molecule has 0 aromatic carbocycles. The van der Waals surface area contributed by atoms with Gasteiger partial charge in [0.2, 0.25) is 0 Å². The first-order valence-corrected chi connectivity index (χ1v) is 2.97. The van der Waals surface area contributed by atoms with E-state index in [2.05, 4.69) is 15.4 Å². The Balaban J connectivity index is 2.64. The molecule has 6 nitrogen and oxygen atoms in total. The van der Waals surface area contributed by atoms with Gasteiger partial charge in [0.05, 0.1) is 7.05 Å². The monoisotopic (exact) mass is 154 g/mol. The highest BCUT2D eigenvalue weighted by Gasteiger charge is 2.00. The van der Waals surface area contributed by atoms with E-state index in [1.807, 2.05) is 0 Å². The minimum Gasteiger partial charge on any atom is -0.424 e. The van der Waals surface area contributed by atoms with Gasteiger partial charge in [0, 0.05) is 0 Å². The van der Waals surface area contributed by atoms with Crippen LogP contribution < -0.4 is 0 Å². The van der Waals surface area contributed by atoms with E-state index in [1.165, 1.54) is 10.9 Å². The van der Waals surface area contributed by atoms with E-state index in [1.54, 1.807) is 7.05 Å². The van der Waals surface area contributed by atoms with Crippen LogP contribution >= 0.6 is 0 Å². The van der Waals surface area contributed by atoms with Crippen LogP contribution in [0.5, 0.6) is 0 Å². The predicted octanol–water partition coefficient (Wildman–Crippen LogP) is -1.76. The highest BCUT2D eigenvalue weighted by molar-refractivity contribution is 6.48. The first-order chi connectivity index (χ1) is 5.18. The van der Waals surface area contributed by atoms with Gasteiger partial charge in [-0.05, 0) is 11.3 Å². The predicted molar refractivity (Wildman–Crippen MR) is 38.0 cm³/mol. The highest BCUT2D eigenvalue weighted by Crippen LogP contribution is 1.88. The average Bonchev–Trinajstić information content (AvgIpc) is 2.31. The van der Waals surface area contributed by atoms with Crippen molar-refractivity contribution < 1.29 is 10.0 Å². The second-order valence-corrected chi connectivity index (χ2v) is 1.91. The summed E-state index contributed by atoms with van der Waals surface area (Å²) in [4.78, 5) is 1.28. The fourth-order valence-corrected chi connectivity index (χ4v) is 0.538. The molecule has 0 radical (unpaired) electrons. The van der Waals surface area contributed by atoms with Crippen molar-refractivity contribution in [2.75, 3.05) is 0 Å². The number of nitrogens with zero attached hydrogens (tertiary/aromatic N) is 4. The molecule has 0 unspecified atom stereocenters. The first-order valence-electron chi connectivity index (χ1n) is 2.97. The average molecular weight is 154 g/mol. The van der Waals surface area contributed by atoms with E-state index in [4.69, 9.17) is 10.0 Å². The number of hydrogen-bond acceptors (Lipinski definition) is 5. The molecule has 11 heavy (non-hydrogen) atoms. The van der Waals surface area contributed by atoms with Gasteiger partial charge < -0.3 is 10.0 Å². The molecule has 0 amide bonds. The molecule has 0 fully saturated rings. The van der Waals surface area contributed by atoms with Gasteiger partial charge >= 0.3 is 7.12 Å². The normalized spacial score (nSPS) is 10.8. The largest absolute Gasteiger partial charge is 0.480 e. The minimum atomic E-state index is -1.47. The van der Waals surface area contributed by atoms with Crippen LogP contribution in [0.4, 0.5) is 0 Å². The summed E-state index contributed by atoms with van der Waals surface area (Å²) >= 11 is 0. The van der Waals surface area contributed by atoms with Crippen LogP contribution in [0.1, 0.15) is 5.82 Å². The zero-order valence-corrected chi connectivity index (χ0v) is 5.92. The summed E-state index contributed by atoms with van der Waals surface area (Å²) in [5.41, 5.74) is 0. The van der Waals surface area contributed by atoms with Crippen molar-refractivity contribution in [3.63, 3.8) is 0 Å². The van der Waals surface area contributed by atoms with Crippen LogP contribution in [-0.2, 0) is 7.05 Å². The summed E-state index contributed by atoms with van der Waals surface area (Å²) in [5, 5.41) is 27.7. The highest BCUT2D eigenvalue weighted by atomic mass is 16.4. The smallest absolute Gasteiger partial charge is 0.424 e. The van der Waals surface area contributed by atoms with Crippen LogP contribution in [0.15, 0.2) is 5.98 Å². The van der Waals surface area contributed by atoms with Crippen molar-refractivity contribution in [1.29, 1.82) is 0 Å². The van der Waals surface area contributed by atoms with Crippen molar-refractivity contribution in [1.82, 2.24) is 20.2 Å². The number of rotatable bonds is 2. The van der Waals surface area contributed by atoms with E-state index < -0.39 is 7.12 Å².